The minimum Gasteiger partial charge on any atom is -0.375 e. The van der Waals surface area contributed by atoms with Gasteiger partial charge in [-0.3, -0.25) is 9.59 Å². The van der Waals surface area contributed by atoms with Crippen LogP contribution in [0.2, 0.25) is 4.34 Å². The molecule has 0 aliphatic carbocycles. The van der Waals surface area contributed by atoms with Gasteiger partial charge in [0.25, 0.3) is 5.91 Å². The lowest BCUT2D eigenvalue weighted by molar-refractivity contribution is -0.119. The van der Waals surface area contributed by atoms with E-state index in [9.17, 15) is 9.59 Å². The number of para-hydroxylation sites is 1. The topological polar surface area (TPSA) is 80.3 Å². The summed E-state index contributed by atoms with van der Waals surface area (Å²) in [4.78, 5) is 30.3. The Morgan fingerprint density at radius 2 is 1.71 bits per heavy atom. The smallest absolute Gasteiger partial charge is 0.256 e. The minimum atomic E-state index is -0.251. The predicted octanol–water partition coefficient (Wildman–Crippen LogP) is 5.45. The quantitative estimate of drug-likeness (QED) is 0.408. The summed E-state index contributed by atoms with van der Waals surface area (Å²) in [5.74, 6) is -0.498. The number of thiophene rings is 1. The van der Waals surface area contributed by atoms with Crippen LogP contribution in [0.15, 0.2) is 66.7 Å². The number of anilines is 2. The molecule has 0 aliphatic rings. The van der Waals surface area contributed by atoms with Gasteiger partial charge in [0.15, 0.2) is 0 Å². The first-order valence-corrected chi connectivity index (χ1v) is 10.6. The molecule has 0 aliphatic heterocycles. The van der Waals surface area contributed by atoms with Gasteiger partial charge < -0.3 is 15.4 Å². The van der Waals surface area contributed by atoms with Crippen LogP contribution in [0, 0.1) is 0 Å². The number of hydrogen-bond acceptors (Lipinski definition) is 5. The maximum Gasteiger partial charge on any atom is 0.256 e. The maximum absolute atomic E-state index is 13.1. The fraction of sp³-hybridized carbons (Fsp3) is 0.0870. The van der Waals surface area contributed by atoms with E-state index in [1.807, 2.05) is 36.4 Å². The van der Waals surface area contributed by atoms with E-state index in [1.165, 1.54) is 18.4 Å². The number of carbonyl (C=O) groups is 2. The molecule has 2 N–H and O–H groups in total. The number of rotatable bonds is 6. The number of hydrogen-bond donors (Lipinski definition) is 2. The van der Waals surface area contributed by atoms with Crippen LogP contribution in [0.3, 0.4) is 0 Å². The van der Waals surface area contributed by atoms with Crippen molar-refractivity contribution >= 4 is 57.0 Å². The molecule has 0 saturated carbocycles. The monoisotopic (exact) mass is 451 g/mol. The van der Waals surface area contributed by atoms with Crippen molar-refractivity contribution in [3.8, 4) is 10.6 Å². The van der Waals surface area contributed by atoms with Crippen molar-refractivity contribution in [3.05, 3.63) is 76.6 Å². The third-order valence-electron chi connectivity index (χ3n) is 4.49. The van der Waals surface area contributed by atoms with E-state index >= 15 is 0 Å². The molecule has 4 aromatic rings. The third kappa shape index (κ3) is 4.91. The molecule has 2 aromatic heterocycles. The van der Waals surface area contributed by atoms with Gasteiger partial charge in [-0.25, -0.2) is 4.98 Å². The lowest BCUT2D eigenvalue weighted by Gasteiger charge is -2.11. The van der Waals surface area contributed by atoms with Gasteiger partial charge in [-0.15, -0.1) is 11.3 Å². The third-order valence-corrected chi connectivity index (χ3v) is 5.74. The summed E-state index contributed by atoms with van der Waals surface area (Å²) >= 11 is 7.49. The van der Waals surface area contributed by atoms with Crippen LogP contribution >= 0.6 is 22.9 Å². The van der Waals surface area contributed by atoms with Crippen LogP contribution in [0.25, 0.3) is 21.5 Å². The van der Waals surface area contributed by atoms with Gasteiger partial charge in [0, 0.05) is 23.9 Å². The molecule has 0 fully saturated rings. The summed E-state index contributed by atoms with van der Waals surface area (Å²) in [6.07, 6.45) is 0. The number of fused-ring (bicyclic) bond motifs is 1. The largest absolute Gasteiger partial charge is 0.375 e. The summed E-state index contributed by atoms with van der Waals surface area (Å²) in [5.41, 5.74) is 3.16. The number of ether oxygens (including phenoxy) is 1. The lowest BCUT2D eigenvalue weighted by atomic mass is 10.1. The molecule has 0 spiro atoms. The Bertz CT molecular complexity index is 1250. The Labute approximate surface area is 187 Å². The van der Waals surface area contributed by atoms with Crippen molar-refractivity contribution in [3.63, 3.8) is 0 Å². The Morgan fingerprint density at radius 1 is 1.00 bits per heavy atom. The van der Waals surface area contributed by atoms with Crippen molar-refractivity contribution in [2.45, 2.75) is 0 Å². The molecule has 0 radical (unpaired) electrons. The molecule has 2 heterocycles. The Kier molecular flexibility index (Phi) is 6.27. The molecule has 0 atom stereocenters. The fourth-order valence-electron chi connectivity index (χ4n) is 3.10. The lowest BCUT2D eigenvalue weighted by Crippen LogP contribution is -2.17. The van der Waals surface area contributed by atoms with Crippen LogP contribution in [0.5, 0.6) is 0 Å². The van der Waals surface area contributed by atoms with Gasteiger partial charge in [-0.05, 0) is 48.5 Å². The van der Waals surface area contributed by atoms with Crippen LogP contribution in [0.1, 0.15) is 10.4 Å². The van der Waals surface area contributed by atoms with Crippen molar-refractivity contribution < 1.29 is 14.3 Å². The van der Waals surface area contributed by atoms with E-state index in [1.54, 1.807) is 30.3 Å². The molecule has 31 heavy (non-hydrogen) atoms. The zero-order chi connectivity index (χ0) is 21.8. The highest BCUT2D eigenvalue weighted by molar-refractivity contribution is 7.19. The number of nitrogens with one attached hydrogen (secondary N) is 2. The second-order valence-electron chi connectivity index (χ2n) is 6.69. The summed E-state index contributed by atoms with van der Waals surface area (Å²) in [6, 6.07) is 19.9. The average molecular weight is 452 g/mol. The Morgan fingerprint density at radius 3 is 2.39 bits per heavy atom. The standard InChI is InChI=1S/C23H18ClN3O3S/c1-30-13-22(28)25-14-6-8-15(9-7-14)26-23(29)17-12-19(20-10-11-21(24)31-20)27-18-5-3-2-4-16(17)18/h2-12H,13H2,1H3,(H,25,28)(H,26,29). The minimum absolute atomic E-state index is 0.0224. The van der Waals surface area contributed by atoms with Crippen LogP contribution in [-0.2, 0) is 9.53 Å². The van der Waals surface area contributed by atoms with Crippen molar-refractivity contribution in [2.24, 2.45) is 0 Å². The van der Waals surface area contributed by atoms with E-state index in [0.29, 0.717) is 27.0 Å². The molecular weight excluding hydrogens is 434 g/mol. The van der Waals surface area contributed by atoms with Crippen LogP contribution in [-0.4, -0.2) is 30.5 Å². The van der Waals surface area contributed by atoms with Crippen molar-refractivity contribution in [2.75, 3.05) is 24.4 Å². The molecule has 0 saturated heterocycles. The first-order valence-electron chi connectivity index (χ1n) is 9.39. The van der Waals surface area contributed by atoms with E-state index < -0.39 is 0 Å². The van der Waals surface area contributed by atoms with E-state index in [4.69, 9.17) is 16.3 Å². The molecule has 156 valence electrons. The molecule has 6 nitrogen and oxygen atoms in total. The number of methoxy groups -OCH3 is 1. The van der Waals surface area contributed by atoms with Gasteiger partial charge in [-0.1, -0.05) is 29.8 Å². The second-order valence-corrected chi connectivity index (χ2v) is 8.40. The first-order chi connectivity index (χ1) is 15.0. The maximum atomic E-state index is 13.1. The van der Waals surface area contributed by atoms with Gasteiger partial charge >= 0.3 is 0 Å². The Balaban J connectivity index is 1.61. The normalized spacial score (nSPS) is 10.8. The molecule has 8 heteroatoms. The highest BCUT2D eigenvalue weighted by atomic mass is 35.5. The highest BCUT2D eigenvalue weighted by Crippen LogP contribution is 2.32. The van der Waals surface area contributed by atoms with Gasteiger partial charge in [0.2, 0.25) is 5.91 Å². The number of carbonyl (C=O) groups excluding carboxylic acids is 2. The molecule has 0 unspecified atom stereocenters. The Hall–Kier alpha value is -3.26. The number of halogens is 1. The van der Waals surface area contributed by atoms with Gasteiger partial charge in [0.1, 0.15) is 6.61 Å². The summed E-state index contributed by atoms with van der Waals surface area (Å²) < 4.78 is 5.46. The molecule has 2 amide bonds. The van der Waals surface area contributed by atoms with Gasteiger partial charge in [0.05, 0.1) is 26.0 Å². The predicted molar refractivity (Wildman–Crippen MR) is 125 cm³/mol. The summed E-state index contributed by atoms with van der Waals surface area (Å²) in [7, 11) is 1.46. The highest BCUT2D eigenvalue weighted by Gasteiger charge is 2.15. The average Bonchev–Trinajstić information content (AvgIpc) is 3.21. The van der Waals surface area contributed by atoms with E-state index in [0.717, 1.165) is 15.8 Å². The molecule has 2 aromatic carbocycles. The number of nitrogens with zero attached hydrogens (tertiary/aromatic N) is 1. The number of aromatic nitrogens is 1. The number of amides is 2. The first kappa shape index (κ1) is 21.0. The SMILES string of the molecule is COCC(=O)Nc1ccc(NC(=O)c2cc(-c3ccc(Cl)s3)nc3ccccc23)cc1. The summed E-state index contributed by atoms with van der Waals surface area (Å²) in [5, 5.41) is 6.38. The van der Waals surface area contributed by atoms with Crippen LogP contribution in [0.4, 0.5) is 11.4 Å². The number of pyridine rings is 1. The van der Waals surface area contributed by atoms with E-state index in [-0.39, 0.29) is 18.4 Å². The number of benzene rings is 2. The second kappa shape index (κ2) is 9.26. The zero-order valence-corrected chi connectivity index (χ0v) is 18.1. The summed E-state index contributed by atoms with van der Waals surface area (Å²) in [6.45, 7) is -0.0224. The van der Waals surface area contributed by atoms with Crippen molar-refractivity contribution in [1.29, 1.82) is 0 Å². The van der Waals surface area contributed by atoms with E-state index in [2.05, 4.69) is 15.6 Å². The van der Waals surface area contributed by atoms with Crippen molar-refractivity contribution in [1.82, 2.24) is 4.98 Å². The molecular formula is C23H18ClN3O3S. The zero-order valence-electron chi connectivity index (χ0n) is 16.5. The fourth-order valence-corrected chi connectivity index (χ4v) is 4.11. The van der Waals surface area contributed by atoms with Gasteiger partial charge in [-0.2, -0.15) is 0 Å². The molecule has 0 bridgehead atoms. The van der Waals surface area contributed by atoms with Crippen LogP contribution < -0.4 is 10.6 Å². The molecule has 4 rings (SSSR count).